The Kier molecular flexibility index (Phi) is 7.12. The first kappa shape index (κ1) is 25.0. The Morgan fingerprint density at radius 2 is 1.86 bits per heavy atom. The van der Waals surface area contributed by atoms with Crippen LogP contribution in [0.2, 0.25) is 0 Å². The fourth-order valence-corrected chi connectivity index (χ4v) is 4.81. The van der Waals surface area contributed by atoms with Gasteiger partial charge < -0.3 is 53.2 Å². The molecule has 7 unspecified atom stereocenters. The van der Waals surface area contributed by atoms with Gasteiger partial charge in [0.15, 0.2) is 18.9 Å². The molecule has 0 aliphatic carbocycles. The van der Waals surface area contributed by atoms with E-state index in [1.807, 2.05) is 30.3 Å². The van der Waals surface area contributed by atoms with Gasteiger partial charge in [0.1, 0.15) is 36.6 Å². The van der Waals surface area contributed by atoms with Crippen LogP contribution in [0.1, 0.15) is 25.2 Å². The fraction of sp³-hybridized carbons (Fsp3) is 0.696. The maximum Gasteiger partial charge on any atom is 0.366 e. The molecule has 1 aromatic carbocycles. The first-order valence-electron chi connectivity index (χ1n) is 11.5. The maximum absolute atomic E-state index is 12.0. The highest BCUT2D eigenvalue weighted by Gasteiger charge is 2.56. The molecule has 0 radical (unpaired) electrons. The Balaban J connectivity index is 1.24. The van der Waals surface area contributed by atoms with Crippen molar-refractivity contribution < 1.29 is 58.0 Å². The molecule has 0 saturated carbocycles. The van der Waals surface area contributed by atoms with Gasteiger partial charge in [-0.15, -0.1) is 0 Å². The summed E-state index contributed by atoms with van der Waals surface area (Å²) in [7, 11) is 1.21. The third-order valence-electron chi connectivity index (χ3n) is 6.66. The minimum absolute atomic E-state index is 0.109. The average molecular weight is 498 g/mol. The van der Waals surface area contributed by atoms with E-state index in [4.69, 9.17) is 37.9 Å². The Labute approximate surface area is 201 Å². The topological polar surface area (TPSA) is 152 Å². The van der Waals surface area contributed by atoms with Crippen LogP contribution in [0.5, 0.6) is 0 Å². The Hall–Kier alpha value is -1.71. The normalized spacial score (nSPS) is 45.4. The molecule has 4 saturated heterocycles. The number of hydrogen-bond donors (Lipinski definition) is 3. The Morgan fingerprint density at radius 3 is 2.57 bits per heavy atom. The van der Waals surface area contributed by atoms with Crippen molar-refractivity contribution in [2.45, 2.75) is 80.7 Å². The van der Waals surface area contributed by atoms with Crippen LogP contribution in [0.25, 0.3) is 0 Å². The molecule has 0 bridgehead atoms. The third-order valence-corrected chi connectivity index (χ3v) is 6.66. The monoisotopic (exact) mass is 498 g/mol. The van der Waals surface area contributed by atoms with Crippen LogP contribution in [0, 0.1) is 0 Å². The van der Waals surface area contributed by atoms with Gasteiger partial charge in [-0.1, -0.05) is 30.3 Å². The largest absolute Gasteiger partial charge is 0.465 e. The summed E-state index contributed by atoms with van der Waals surface area (Å²) in [6.45, 7) is 1.10. The van der Waals surface area contributed by atoms with E-state index in [9.17, 15) is 20.1 Å². The smallest absolute Gasteiger partial charge is 0.366 e. The zero-order valence-corrected chi connectivity index (χ0v) is 19.3. The van der Waals surface area contributed by atoms with E-state index in [-0.39, 0.29) is 13.0 Å². The highest BCUT2D eigenvalue weighted by Crippen LogP contribution is 2.40. The number of aliphatic hydroxyl groups is 3. The lowest BCUT2D eigenvalue weighted by molar-refractivity contribution is -0.374. The molecule has 12 nitrogen and oxygen atoms in total. The van der Waals surface area contributed by atoms with Crippen LogP contribution in [0.15, 0.2) is 30.3 Å². The molecule has 194 valence electrons. The zero-order valence-electron chi connectivity index (χ0n) is 19.3. The fourth-order valence-electron chi connectivity index (χ4n) is 4.81. The SMILES string of the molecule is COC(=O)C1(C)OC2C[C@H](O[C@@H]3OC4COC(c5ccccc5)O[C@@H]4C(O)C3O)C(CO)O[C@@H]2O1. The molecule has 4 fully saturated rings. The summed E-state index contributed by atoms with van der Waals surface area (Å²) in [6, 6.07) is 9.25. The van der Waals surface area contributed by atoms with Gasteiger partial charge in [0.05, 0.1) is 26.4 Å². The summed E-state index contributed by atoms with van der Waals surface area (Å²) < 4.78 is 45.3. The minimum atomic E-state index is -1.66. The lowest BCUT2D eigenvalue weighted by Crippen LogP contribution is -2.63. The predicted octanol–water partition coefficient (Wildman–Crippen LogP) is -0.656. The van der Waals surface area contributed by atoms with Gasteiger partial charge in [0, 0.05) is 18.9 Å². The van der Waals surface area contributed by atoms with Crippen molar-refractivity contribution in [3.05, 3.63) is 35.9 Å². The van der Waals surface area contributed by atoms with Crippen LogP contribution >= 0.6 is 0 Å². The third kappa shape index (κ3) is 4.71. The highest BCUT2D eigenvalue weighted by molar-refractivity contribution is 5.77. The van der Waals surface area contributed by atoms with Gasteiger partial charge >= 0.3 is 5.97 Å². The molecule has 35 heavy (non-hydrogen) atoms. The van der Waals surface area contributed by atoms with Gasteiger partial charge in [0.2, 0.25) is 0 Å². The van der Waals surface area contributed by atoms with Gasteiger partial charge in [-0.3, -0.25) is 0 Å². The number of carbonyl (C=O) groups excluding carboxylic acids is 1. The van der Waals surface area contributed by atoms with E-state index in [1.165, 1.54) is 14.0 Å². The summed E-state index contributed by atoms with van der Waals surface area (Å²) in [4.78, 5) is 12.0. The number of methoxy groups -OCH3 is 1. The molecule has 4 heterocycles. The summed E-state index contributed by atoms with van der Waals surface area (Å²) in [5, 5.41) is 31.4. The lowest BCUT2D eigenvalue weighted by atomic mass is 9.97. The second-order valence-electron chi connectivity index (χ2n) is 9.05. The zero-order chi connectivity index (χ0) is 24.7. The summed E-state index contributed by atoms with van der Waals surface area (Å²) in [6.07, 6.45) is -9.33. The molecule has 12 heteroatoms. The van der Waals surface area contributed by atoms with Crippen molar-refractivity contribution in [2.24, 2.45) is 0 Å². The van der Waals surface area contributed by atoms with E-state index >= 15 is 0 Å². The molecule has 0 aromatic heterocycles. The number of rotatable bonds is 5. The number of fused-ring (bicyclic) bond motifs is 2. The second kappa shape index (κ2) is 9.98. The van der Waals surface area contributed by atoms with E-state index in [2.05, 4.69) is 0 Å². The van der Waals surface area contributed by atoms with Crippen molar-refractivity contribution in [3.8, 4) is 0 Å². The van der Waals surface area contributed by atoms with Crippen molar-refractivity contribution >= 4 is 5.97 Å². The number of carbonyl (C=O) groups is 1. The highest BCUT2D eigenvalue weighted by atomic mass is 16.8. The first-order valence-corrected chi connectivity index (χ1v) is 11.5. The second-order valence-corrected chi connectivity index (χ2v) is 9.05. The molecule has 3 N–H and O–H groups in total. The van der Waals surface area contributed by atoms with Crippen molar-refractivity contribution in [1.82, 2.24) is 0 Å². The van der Waals surface area contributed by atoms with Gasteiger partial charge in [-0.05, 0) is 0 Å². The molecule has 5 rings (SSSR count). The number of ether oxygens (including phenoxy) is 8. The number of benzene rings is 1. The van der Waals surface area contributed by atoms with Crippen molar-refractivity contribution in [2.75, 3.05) is 20.3 Å². The van der Waals surface area contributed by atoms with Crippen molar-refractivity contribution in [1.29, 1.82) is 0 Å². The minimum Gasteiger partial charge on any atom is -0.465 e. The first-order chi connectivity index (χ1) is 16.8. The number of hydrogen-bond acceptors (Lipinski definition) is 12. The van der Waals surface area contributed by atoms with Crippen LogP contribution in [-0.2, 0) is 42.7 Å². The Morgan fingerprint density at radius 1 is 1.09 bits per heavy atom. The van der Waals surface area contributed by atoms with Crippen LogP contribution in [-0.4, -0.2) is 103 Å². The van der Waals surface area contributed by atoms with E-state index in [0.29, 0.717) is 0 Å². The van der Waals surface area contributed by atoms with Crippen LogP contribution in [0.4, 0.5) is 0 Å². The summed E-state index contributed by atoms with van der Waals surface area (Å²) in [5.41, 5.74) is 0.781. The summed E-state index contributed by atoms with van der Waals surface area (Å²) in [5.74, 6) is -2.38. The number of esters is 1. The van der Waals surface area contributed by atoms with E-state index in [0.717, 1.165) is 5.56 Å². The Bertz CT molecular complexity index is 883. The maximum atomic E-state index is 12.0. The molecule has 4 aliphatic rings. The van der Waals surface area contributed by atoms with Crippen LogP contribution in [0.3, 0.4) is 0 Å². The molecule has 1 aromatic rings. The molecular weight excluding hydrogens is 468 g/mol. The standard InChI is InChI=1S/C23H30O12/c1-23(22(27)28-2)34-13-8-12(14(9-24)31-20(13)35-23)30-21-17(26)16(25)18-15(32-21)10-29-19(33-18)11-6-4-3-5-7-11/h3-7,12-21,24-26H,8-10H2,1-2H3/t12-,13?,14?,15?,16?,17?,18-,19?,20+,21+,23?/m0/s1. The van der Waals surface area contributed by atoms with E-state index < -0.39 is 80.0 Å². The quantitative estimate of drug-likeness (QED) is 0.442. The van der Waals surface area contributed by atoms with E-state index in [1.54, 1.807) is 0 Å². The lowest BCUT2D eigenvalue weighted by Gasteiger charge is -2.47. The number of aliphatic hydroxyl groups excluding tert-OH is 3. The molecule has 4 aliphatic heterocycles. The predicted molar refractivity (Wildman–Crippen MR) is 112 cm³/mol. The van der Waals surface area contributed by atoms with Crippen molar-refractivity contribution in [3.63, 3.8) is 0 Å². The average Bonchev–Trinajstić information content (AvgIpc) is 3.22. The van der Waals surface area contributed by atoms with Gasteiger partial charge in [-0.2, -0.15) is 0 Å². The molecular formula is C23H30O12. The van der Waals surface area contributed by atoms with Gasteiger partial charge in [-0.25, -0.2) is 4.79 Å². The molecule has 0 amide bonds. The molecule has 0 spiro atoms. The molecule has 11 atom stereocenters. The van der Waals surface area contributed by atoms with Crippen LogP contribution < -0.4 is 0 Å². The summed E-state index contributed by atoms with van der Waals surface area (Å²) >= 11 is 0. The van der Waals surface area contributed by atoms with Gasteiger partial charge in [0.25, 0.3) is 5.79 Å².